The van der Waals surface area contributed by atoms with Crippen LogP contribution in [0.15, 0.2) is 120 Å². The van der Waals surface area contributed by atoms with E-state index in [0.29, 0.717) is 52.7 Å². The molecule has 13 nitrogen and oxygen atoms in total. The number of benzene rings is 4. The lowest BCUT2D eigenvalue weighted by atomic mass is 9.94. The Hall–Kier alpha value is -7.64. The average Bonchev–Trinajstić information content (AvgIpc) is 3.79. The Morgan fingerprint density at radius 3 is 1.31 bits per heavy atom. The number of hydrogen-bond donors (Lipinski definition) is 2. The van der Waals surface area contributed by atoms with Crippen LogP contribution in [-0.2, 0) is 21.9 Å². The van der Waals surface area contributed by atoms with Gasteiger partial charge in [-0.05, 0) is 71.8 Å². The van der Waals surface area contributed by atoms with Gasteiger partial charge in [-0.15, -0.1) is 0 Å². The standard InChI is InChI=1S/C48H41F6N9O4/c1-63(2,21-5-19-59-27-37-39(43(59)64)41(31-15-11-29(25-55)12-16-31)57-45(66)61(37)35-9-3-7-33(23-35)47(49,50)51)22-6-20-60-28-38-40(44(60)65)42(32-17-13-30(26-56)14-18-32)58-46(67)62(38)36-10-4-8-34(24-36)48(52,53)54/h3-4,7-18,23-24,41-42H,5-6,19-22,27-28H2,1-2H3,(H-,57,58,66,67)/p+1/t41-,42-/m1/s1. The molecule has 0 saturated carbocycles. The smallest absolute Gasteiger partial charge is 0.333 e. The molecule has 67 heavy (non-hydrogen) atoms. The monoisotopic (exact) mass is 922 g/mol. The van der Waals surface area contributed by atoms with Crippen molar-refractivity contribution in [3.05, 3.63) is 153 Å². The molecule has 4 aromatic rings. The van der Waals surface area contributed by atoms with Crippen LogP contribution in [0.2, 0.25) is 0 Å². The van der Waals surface area contributed by atoms with Gasteiger partial charge in [0.1, 0.15) is 0 Å². The summed E-state index contributed by atoms with van der Waals surface area (Å²) in [5, 5.41) is 24.2. The van der Waals surface area contributed by atoms with E-state index >= 15 is 0 Å². The molecule has 0 aliphatic carbocycles. The third-order valence-corrected chi connectivity index (χ3v) is 12.4. The van der Waals surface area contributed by atoms with E-state index in [9.17, 15) is 56.0 Å². The van der Waals surface area contributed by atoms with Gasteiger partial charge in [-0.2, -0.15) is 36.9 Å². The molecule has 0 spiro atoms. The molecule has 4 heterocycles. The van der Waals surface area contributed by atoms with Crippen LogP contribution < -0.4 is 20.4 Å². The minimum atomic E-state index is -4.68. The molecule has 6 amide bonds. The molecule has 0 unspecified atom stereocenters. The Balaban J connectivity index is 0.951. The van der Waals surface area contributed by atoms with Gasteiger partial charge in [0.05, 0.1) is 121 Å². The summed E-state index contributed by atoms with van der Waals surface area (Å²) in [5.74, 6) is -0.802. The number of nitrogens with zero attached hydrogens (tertiary/aromatic N) is 7. The van der Waals surface area contributed by atoms with Gasteiger partial charge in [0.2, 0.25) is 0 Å². The van der Waals surface area contributed by atoms with Gasteiger partial charge in [-0.1, -0.05) is 36.4 Å². The second-order valence-electron chi connectivity index (χ2n) is 17.3. The number of amides is 6. The van der Waals surface area contributed by atoms with Crippen molar-refractivity contribution >= 4 is 35.3 Å². The van der Waals surface area contributed by atoms with Crippen LogP contribution in [0.1, 0.15) is 58.3 Å². The zero-order valence-corrected chi connectivity index (χ0v) is 36.1. The highest BCUT2D eigenvalue weighted by atomic mass is 19.4. The number of nitriles is 2. The fraction of sp³-hybridized carbons (Fsp3) is 0.292. The second-order valence-corrected chi connectivity index (χ2v) is 17.3. The highest BCUT2D eigenvalue weighted by molar-refractivity contribution is 6.08. The van der Waals surface area contributed by atoms with E-state index in [4.69, 9.17) is 0 Å². The van der Waals surface area contributed by atoms with Gasteiger partial charge >= 0.3 is 24.4 Å². The summed E-state index contributed by atoms with van der Waals surface area (Å²) in [7, 11) is 3.95. The van der Waals surface area contributed by atoms with Gasteiger partial charge in [0.15, 0.2) is 0 Å². The van der Waals surface area contributed by atoms with Gasteiger partial charge in [-0.3, -0.25) is 19.4 Å². The predicted octanol–water partition coefficient (Wildman–Crippen LogP) is 7.76. The summed E-state index contributed by atoms with van der Waals surface area (Å²) in [4.78, 5) is 61.2. The number of alkyl halides is 6. The molecule has 0 fully saturated rings. The van der Waals surface area contributed by atoms with Crippen LogP contribution in [0.25, 0.3) is 0 Å². The lowest BCUT2D eigenvalue weighted by molar-refractivity contribution is -0.890. The van der Waals surface area contributed by atoms with Crippen molar-refractivity contribution in [2.75, 3.05) is 63.2 Å². The topological polar surface area (TPSA) is 153 Å². The van der Waals surface area contributed by atoms with Crippen molar-refractivity contribution in [2.45, 2.75) is 37.3 Å². The Morgan fingerprint density at radius 1 is 0.597 bits per heavy atom. The molecule has 0 radical (unpaired) electrons. The van der Waals surface area contributed by atoms with Crippen molar-refractivity contribution in [3.63, 3.8) is 0 Å². The van der Waals surface area contributed by atoms with E-state index in [1.807, 2.05) is 26.2 Å². The Morgan fingerprint density at radius 2 is 0.970 bits per heavy atom. The number of hydrogen-bond acceptors (Lipinski definition) is 6. The molecule has 4 aliphatic rings. The zero-order valence-electron chi connectivity index (χ0n) is 36.1. The molecular formula is C48H42F6N9O4+. The largest absolute Gasteiger partial charge is 0.416 e. The van der Waals surface area contributed by atoms with Crippen LogP contribution in [0.5, 0.6) is 0 Å². The SMILES string of the molecule is C[N+](C)(CCCN1CC2=C(C1=O)[C@@H](c1ccc(C#N)cc1)NC(=O)N2c1cccc(C(F)(F)F)c1)CCCN1CC2=C(C1=O)[C@@H](c1ccc(C#N)cc1)NC(=O)N2c1cccc(C(F)(F)F)c1. The van der Waals surface area contributed by atoms with E-state index in [-0.39, 0.29) is 60.1 Å². The maximum atomic E-state index is 14.2. The first kappa shape index (κ1) is 45.9. The Bertz CT molecular complexity index is 2620. The first-order valence-electron chi connectivity index (χ1n) is 21.2. The van der Waals surface area contributed by atoms with Crippen molar-refractivity contribution in [2.24, 2.45) is 0 Å². The minimum Gasteiger partial charge on any atom is -0.333 e. The minimum absolute atomic E-state index is 0.0505. The molecule has 0 saturated heterocycles. The summed E-state index contributed by atoms with van der Waals surface area (Å²) < 4.78 is 83.1. The molecule has 2 atom stereocenters. The summed E-state index contributed by atoms with van der Waals surface area (Å²) in [6, 6.07) is 22.0. The highest BCUT2D eigenvalue weighted by Gasteiger charge is 2.47. The zero-order chi connectivity index (χ0) is 48.0. The summed E-state index contributed by atoms with van der Waals surface area (Å²) >= 11 is 0. The first-order chi connectivity index (χ1) is 31.8. The van der Waals surface area contributed by atoms with Gasteiger partial charge < -0.3 is 24.9 Å². The summed E-state index contributed by atoms with van der Waals surface area (Å²) in [6.07, 6.45) is -8.40. The van der Waals surface area contributed by atoms with Crippen LogP contribution in [0.3, 0.4) is 0 Å². The molecule has 8 rings (SSSR count). The van der Waals surface area contributed by atoms with Crippen LogP contribution >= 0.6 is 0 Å². The average molecular weight is 923 g/mol. The number of rotatable bonds is 12. The molecular weight excluding hydrogens is 881 g/mol. The Labute approximate surface area is 380 Å². The number of nitrogens with one attached hydrogen (secondary N) is 2. The molecule has 344 valence electrons. The fourth-order valence-electron chi connectivity index (χ4n) is 9.03. The van der Waals surface area contributed by atoms with Crippen molar-refractivity contribution < 1.29 is 50.0 Å². The molecule has 0 bridgehead atoms. The van der Waals surface area contributed by atoms with E-state index < -0.39 is 59.4 Å². The number of carbonyl (C=O) groups excluding carboxylic acids is 4. The fourth-order valence-corrected chi connectivity index (χ4v) is 9.03. The van der Waals surface area contributed by atoms with Gasteiger partial charge in [-0.25, -0.2) is 9.59 Å². The first-order valence-corrected chi connectivity index (χ1v) is 21.2. The Kier molecular flexibility index (Phi) is 12.1. The maximum Gasteiger partial charge on any atom is 0.416 e. The summed E-state index contributed by atoms with van der Waals surface area (Å²) in [6.45, 7) is 1.47. The second kappa shape index (κ2) is 17.6. The molecule has 2 N–H and O–H groups in total. The number of carbonyl (C=O) groups is 4. The van der Waals surface area contributed by atoms with Gasteiger partial charge in [0, 0.05) is 25.9 Å². The third kappa shape index (κ3) is 9.15. The summed E-state index contributed by atoms with van der Waals surface area (Å²) in [5.41, 5.74) is 0.587. The number of quaternary nitrogens is 1. The molecule has 4 aromatic carbocycles. The highest BCUT2D eigenvalue weighted by Crippen LogP contribution is 2.42. The maximum absolute atomic E-state index is 14.2. The molecule has 19 heteroatoms. The third-order valence-electron chi connectivity index (χ3n) is 12.4. The number of urea groups is 2. The lowest BCUT2D eigenvalue weighted by Gasteiger charge is -2.34. The normalized spacial score (nSPS) is 18.8. The number of anilines is 2. The van der Waals surface area contributed by atoms with Crippen LogP contribution in [0, 0.1) is 22.7 Å². The van der Waals surface area contributed by atoms with E-state index in [2.05, 4.69) is 10.6 Å². The van der Waals surface area contributed by atoms with Crippen molar-refractivity contribution in [3.8, 4) is 12.1 Å². The quantitative estimate of drug-likeness (QED) is 0.110. The van der Waals surface area contributed by atoms with E-state index in [1.165, 1.54) is 24.3 Å². The van der Waals surface area contributed by atoms with E-state index in [0.717, 1.165) is 34.1 Å². The van der Waals surface area contributed by atoms with Crippen LogP contribution in [0.4, 0.5) is 47.3 Å². The number of halogens is 6. The van der Waals surface area contributed by atoms with Gasteiger partial charge in [0.25, 0.3) is 11.8 Å². The lowest BCUT2D eigenvalue weighted by Crippen LogP contribution is -2.47. The predicted molar refractivity (Wildman–Crippen MR) is 231 cm³/mol. The van der Waals surface area contributed by atoms with Crippen molar-refractivity contribution in [1.82, 2.24) is 20.4 Å². The molecule has 4 aliphatic heterocycles. The van der Waals surface area contributed by atoms with Crippen molar-refractivity contribution in [1.29, 1.82) is 10.5 Å². The van der Waals surface area contributed by atoms with E-state index in [1.54, 1.807) is 58.3 Å². The van der Waals surface area contributed by atoms with Crippen LogP contribution in [-0.4, -0.2) is 91.5 Å². The molecule has 0 aromatic heterocycles.